The number of allylic oxidation sites excluding steroid dienone is 1. The topological polar surface area (TPSA) is 135 Å². The van der Waals surface area contributed by atoms with Crippen molar-refractivity contribution in [1.82, 2.24) is 15.1 Å². The smallest absolute Gasteiger partial charge is 0.313 e. The van der Waals surface area contributed by atoms with Crippen LogP contribution in [0.15, 0.2) is 54.6 Å². The first-order valence-electron chi connectivity index (χ1n) is 16.9. The van der Waals surface area contributed by atoms with Gasteiger partial charge in [-0.25, -0.2) is 0 Å². The predicted molar refractivity (Wildman–Crippen MR) is 174 cm³/mol. The molecule has 11 nitrogen and oxygen atoms in total. The van der Waals surface area contributed by atoms with Crippen molar-refractivity contribution < 1.29 is 38.5 Å². The fraction of sp³-hybridized carbons (Fsp3) is 0.611. The molecular weight excluding hydrogens is 602 g/mol. The third-order valence-corrected chi connectivity index (χ3v) is 10.1. The molecule has 2 N–H and O–H groups in total. The van der Waals surface area contributed by atoms with Crippen LogP contribution in [0.3, 0.4) is 0 Å². The number of amides is 3. The van der Waals surface area contributed by atoms with E-state index in [1.165, 1.54) is 12.0 Å². The quantitative estimate of drug-likeness (QED) is 0.308. The summed E-state index contributed by atoms with van der Waals surface area (Å²) in [6, 6.07) is 6.48. The number of methoxy groups -OCH3 is 1. The number of rotatable bonds is 9. The molecule has 0 aromatic heterocycles. The summed E-state index contributed by atoms with van der Waals surface area (Å²) < 4.78 is 18.3. The van der Waals surface area contributed by atoms with Crippen molar-refractivity contribution >= 4 is 23.7 Å². The summed E-state index contributed by atoms with van der Waals surface area (Å²) in [5.74, 6) is -3.86. The Morgan fingerprint density at radius 2 is 1.83 bits per heavy atom. The fourth-order valence-corrected chi connectivity index (χ4v) is 7.76. The maximum Gasteiger partial charge on any atom is 0.313 e. The van der Waals surface area contributed by atoms with E-state index in [1.54, 1.807) is 17.1 Å². The fourth-order valence-electron chi connectivity index (χ4n) is 7.76. The van der Waals surface area contributed by atoms with Gasteiger partial charge in [0.1, 0.15) is 23.7 Å². The second kappa shape index (κ2) is 14.7. The second-order valence-electron chi connectivity index (χ2n) is 13.5. The molecule has 3 amide bonds. The number of carbonyl (C=O) groups excluding carboxylic acids is 4. The number of hydrogen-bond acceptors (Lipinski definition) is 8. The monoisotopic (exact) mass is 651 g/mol. The maximum atomic E-state index is 14.8. The first-order chi connectivity index (χ1) is 22.6. The van der Waals surface area contributed by atoms with Crippen LogP contribution < -0.4 is 5.32 Å². The molecule has 11 heteroatoms. The summed E-state index contributed by atoms with van der Waals surface area (Å²) in [4.78, 5) is 60.2. The molecule has 0 aliphatic carbocycles. The van der Waals surface area contributed by atoms with Gasteiger partial charge in [-0.1, -0.05) is 81.8 Å². The normalized spacial score (nSPS) is 33.2. The van der Waals surface area contributed by atoms with Crippen LogP contribution >= 0.6 is 0 Å². The first kappa shape index (κ1) is 34.8. The van der Waals surface area contributed by atoms with Gasteiger partial charge in [0.15, 0.2) is 0 Å². The molecule has 1 spiro atoms. The van der Waals surface area contributed by atoms with Crippen molar-refractivity contribution in [2.75, 3.05) is 26.9 Å². The number of esters is 1. The number of carbonyl (C=O) groups is 4. The lowest BCUT2D eigenvalue weighted by molar-refractivity contribution is -0.163. The zero-order chi connectivity index (χ0) is 33.9. The second-order valence-corrected chi connectivity index (χ2v) is 13.5. The van der Waals surface area contributed by atoms with E-state index >= 15 is 0 Å². The van der Waals surface area contributed by atoms with E-state index in [0.717, 1.165) is 12.8 Å². The molecule has 4 heterocycles. The molecule has 2 fully saturated rings. The molecule has 1 aromatic carbocycles. The van der Waals surface area contributed by atoms with Crippen LogP contribution in [0.25, 0.3) is 0 Å². The van der Waals surface area contributed by atoms with Crippen LogP contribution in [0.5, 0.6) is 0 Å². The Kier molecular flexibility index (Phi) is 10.9. The Hall–Kier alpha value is -3.54. The van der Waals surface area contributed by atoms with Gasteiger partial charge in [-0.3, -0.25) is 19.2 Å². The number of ether oxygens (including phenoxy) is 3. The number of hydrogen-bond donors (Lipinski definition) is 2. The number of benzene rings is 1. The van der Waals surface area contributed by atoms with Crippen LogP contribution in [0.4, 0.5) is 0 Å². The lowest BCUT2D eigenvalue weighted by Gasteiger charge is -2.41. The van der Waals surface area contributed by atoms with Gasteiger partial charge in [0, 0.05) is 26.1 Å². The van der Waals surface area contributed by atoms with Gasteiger partial charge in [-0.2, -0.15) is 0 Å². The number of likely N-dealkylation sites (tertiary alicyclic amines) is 1. The first-order valence-corrected chi connectivity index (χ1v) is 16.9. The number of aliphatic hydroxyl groups is 1. The SMILES string of the molecule is CCCC(C)N1C/C=C\CCC(=O)N[C@H](COC)[C@@H](c2ccccc2)OC(=O)[C@@H]2[C@@H]3C=C[C@]4(O3)[C@H](C1=O)N([C@@H](CO)C(C)C)C(=O)[C@@H]24. The van der Waals surface area contributed by atoms with Gasteiger partial charge < -0.3 is 34.4 Å². The summed E-state index contributed by atoms with van der Waals surface area (Å²) in [7, 11) is 1.51. The molecule has 1 aromatic rings. The summed E-state index contributed by atoms with van der Waals surface area (Å²) in [6.07, 6.45) is 7.79. The molecule has 5 rings (SSSR count). The number of aliphatic hydroxyl groups excluding tert-OH is 1. The minimum Gasteiger partial charge on any atom is -0.455 e. The minimum absolute atomic E-state index is 0.0758. The van der Waals surface area contributed by atoms with Crippen molar-refractivity contribution in [3.63, 3.8) is 0 Å². The summed E-state index contributed by atoms with van der Waals surface area (Å²) in [5.41, 5.74) is -0.752. The number of fused-ring (bicyclic) bond motifs is 2. The number of nitrogens with one attached hydrogen (secondary N) is 1. The molecule has 0 saturated carbocycles. The van der Waals surface area contributed by atoms with Crippen LogP contribution in [0.2, 0.25) is 0 Å². The maximum absolute atomic E-state index is 14.8. The Labute approximate surface area is 277 Å². The van der Waals surface area contributed by atoms with E-state index in [-0.39, 0.29) is 50.0 Å². The van der Waals surface area contributed by atoms with Gasteiger partial charge in [0.25, 0.3) is 0 Å². The Bertz CT molecular complexity index is 1360. The third kappa shape index (κ3) is 6.49. The van der Waals surface area contributed by atoms with Crippen molar-refractivity contribution in [2.45, 2.75) is 95.4 Å². The highest BCUT2D eigenvalue weighted by Gasteiger charge is 2.74. The summed E-state index contributed by atoms with van der Waals surface area (Å²) in [5, 5.41) is 13.6. The van der Waals surface area contributed by atoms with E-state index < -0.39 is 59.6 Å². The van der Waals surface area contributed by atoms with Crippen molar-refractivity contribution in [3.8, 4) is 0 Å². The zero-order valence-corrected chi connectivity index (χ0v) is 28.0. The Balaban J connectivity index is 1.64. The molecule has 9 atom stereocenters. The highest BCUT2D eigenvalue weighted by molar-refractivity contribution is 5.99. The Morgan fingerprint density at radius 1 is 1.09 bits per heavy atom. The van der Waals surface area contributed by atoms with E-state index in [1.807, 2.05) is 63.3 Å². The standard InChI is InChI=1S/C36H49N3O8/c1-6-13-23(4)38-19-12-8-11-16-28(41)37-25(21-45-5)31(24-14-9-7-10-15-24)46-35(44)29-27-17-18-36(47-27)30(29)33(42)39(32(36)34(38)43)26(20-40)22(2)3/h7-10,12,14-15,17-18,22-23,25-27,29-32,40H,6,11,13,16,19-21H2,1-5H3,(H,37,41)/b12-8-/t23?,25-,26+,27+,29-,30-,31-,32+,36-/m1/s1. The third-order valence-electron chi connectivity index (χ3n) is 10.1. The minimum atomic E-state index is -1.41. The van der Waals surface area contributed by atoms with Gasteiger partial charge in [-0.05, 0) is 31.2 Å². The molecule has 4 aliphatic rings. The zero-order valence-electron chi connectivity index (χ0n) is 28.0. The lowest BCUT2D eigenvalue weighted by atomic mass is 9.74. The highest BCUT2D eigenvalue weighted by atomic mass is 16.6. The average Bonchev–Trinajstić information content (AvgIpc) is 3.69. The molecule has 0 radical (unpaired) electrons. The molecule has 2 saturated heterocycles. The summed E-state index contributed by atoms with van der Waals surface area (Å²) >= 11 is 0. The van der Waals surface area contributed by atoms with Crippen molar-refractivity contribution in [2.24, 2.45) is 17.8 Å². The van der Waals surface area contributed by atoms with Crippen LogP contribution in [-0.4, -0.2) is 101 Å². The lowest BCUT2D eigenvalue weighted by Crippen LogP contribution is -2.60. The van der Waals surface area contributed by atoms with E-state index in [4.69, 9.17) is 14.2 Å². The average molecular weight is 652 g/mol. The largest absolute Gasteiger partial charge is 0.455 e. The number of cyclic esters (lactones) is 1. The van der Waals surface area contributed by atoms with E-state index in [2.05, 4.69) is 12.2 Å². The molecule has 256 valence electrons. The Morgan fingerprint density at radius 3 is 2.49 bits per heavy atom. The van der Waals surface area contributed by atoms with E-state index in [0.29, 0.717) is 12.0 Å². The molecule has 4 aliphatic heterocycles. The van der Waals surface area contributed by atoms with Crippen LogP contribution in [0.1, 0.15) is 65.0 Å². The molecule has 5 bridgehead atoms. The van der Waals surface area contributed by atoms with E-state index in [9.17, 15) is 24.3 Å². The van der Waals surface area contributed by atoms with Gasteiger partial charge >= 0.3 is 5.97 Å². The predicted octanol–water partition coefficient (Wildman–Crippen LogP) is 2.94. The molecular formula is C36H49N3O8. The van der Waals surface area contributed by atoms with Gasteiger partial charge in [-0.15, -0.1) is 0 Å². The highest BCUT2D eigenvalue weighted by Crippen LogP contribution is 2.56. The number of nitrogens with zero attached hydrogens (tertiary/aromatic N) is 2. The molecule has 47 heavy (non-hydrogen) atoms. The van der Waals surface area contributed by atoms with Crippen LogP contribution in [-0.2, 0) is 33.4 Å². The molecule has 1 unspecified atom stereocenters. The van der Waals surface area contributed by atoms with Crippen LogP contribution in [0, 0.1) is 17.8 Å². The van der Waals surface area contributed by atoms with Gasteiger partial charge in [0.05, 0.1) is 37.3 Å². The summed E-state index contributed by atoms with van der Waals surface area (Å²) in [6.45, 7) is 7.83. The van der Waals surface area contributed by atoms with Crippen molar-refractivity contribution in [1.29, 1.82) is 0 Å². The van der Waals surface area contributed by atoms with Crippen molar-refractivity contribution in [3.05, 3.63) is 60.2 Å². The van der Waals surface area contributed by atoms with Gasteiger partial charge in [0.2, 0.25) is 17.7 Å².